The van der Waals surface area contributed by atoms with Gasteiger partial charge in [-0.1, -0.05) is 6.07 Å². The van der Waals surface area contributed by atoms with Crippen LogP contribution in [0.25, 0.3) is 0 Å². The molecule has 0 unspecified atom stereocenters. The van der Waals surface area contributed by atoms with Crippen LogP contribution in [0.4, 0.5) is 5.82 Å². The Morgan fingerprint density at radius 3 is 2.67 bits per heavy atom. The number of nitrogens with zero attached hydrogens (tertiary/aromatic N) is 3. The summed E-state index contributed by atoms with van der Waals surface area (Å²) in [4.78, 5) is 22.4. The number of ether oxygens (including phenoxy) is 2. The van der Waals surface area contributed by atoms with E-state index in [1.165, 1.54) is 6.20 Å². The van der Waals surface area contributed by atoms with Crippen LogP contribution in [-0.4, -0.2) is 40.7 Å². The van der Waals surface area contributed by atoms with E-state index in [1.54, 1.807) is 11.1 Å². The van der Waals surface area contributed by atoms with Gasteiger partial charge in [-0.05, 0) is 31.5 Å². The van der Waals surface area contributed by atoms with Gasteiger partial charge in [-0.3, -0.25) is 4.79 Å². The summed E-state index contributed by atoms with van der Waals surface area (Å²) in [6.45, 7) is 6.03. The number of carbonyl (C=O) groups is 1. The minimum Gasteiger partial charge on any atom is -0.454 e. The molecule has 0 atom stereocenters. The van der Waals surface area contributed by atoms with Crippen molar-refractivity contribution in [3.63, 3.8) is 0 Å². The first-order valence-corrected chi connectivity index (χ1v) is 7.95. The van der Waals surface area contributed by atoms with E-state index in [0.717, 1.165) is 17.1 Å². The molecule has 1 aliphatic heterocycles. The van der Waals surface area contributed by atoms with Gasteiger partial charge in [-0.15, -0.1) is 0 Å². The summed E-state index contributed by atoms with van der Waals surface area (Å²) in [5.41, 5.74) is 1.40. The predicted octanol–water partition coefficient (Wildman–Crippen LogP) is 2.30. The van der Waals surface area contributed by atoms with E-state index in [9.17, 15) is 4.79 Å². The van der Waals surface area contributed by atoms with Crippen molar-refractivity contribution >= 4 is 11.7 Å². The highest BCUT2D eigenvalue weighted by Gasteiger charge is 2.15. The number of carbonyl (C=O) groups excluding carboxylic acids is 1. The SMILES string of the molecule is CCN(CC)C(=O)c1cnc(NCc2ccc3c(c2)OCO3)cn1. The predicted molar refractivity (Wildman–Crippen MR) is 89.2 cm³/mol. The van der Waals surface area contributed by atoms with Crippen molar-refractivity contribution in [1.82, 2.24) is 14.9 Å². The third-order valence-electron chi connectivity index (χ3n) is 3.83. The van der Waals surface area contributed by atoms with Crippen LogP contribution in [0.1, 0.15) is 29.9 Å². The average Bonchev–Trinajstić information content (AvgIpc) is 3.09. The van der Waals surface area contributed by atoms with Crippen molar-refractivity contribution in [1.29, 1.82) is 0 Å². The molecule has 7 heteroatoms. The maximum atomic E-state index is 12.2. The van der Waals surface area contributed by atoms with Crippen molar-refractivity contribution in [2.24, 2.45) is 0 Å². The molecule has 2 heterocycles. The third-order valence-corrected chi connectivity index (χ3v) is 3.83. The first-order valence-electron chi connectivity index (χ1n) is 7.95. The highest BCUT2D eigenvalue weighted by Crippen LogP contribution is 2.32. The molecule has 7 nitrogen and oxygen atoms in total. The molecular weight excluding hydrogens is 308 g/mol. The maximum Gasteiger partial charge on any atom is 0.274 e. The molecule has 0 fully saturated rings. The second kappa shape index (κ2) is 7.16. The number of amides is 1. The van der Waals surface area contributed by atoms with Crippen LogP contribution in [0, 0.1) is 0 Å². The lowest BCUT2D eigenvalue weighted by molar-refractivity contribution is 0.0766. The summed E-state index contributed by atoms with van der Waals surface area (Å²) < 4.78 is 10.6. The zero-order valence-electron chi connectivity index (χ0n) is 13.8. The van der Waals surface area contributed by atoms with Gasteiger partial charge in [0.15, 0.2) is 11.5 Å². The Morgan fingerprint density at radius 1 is 1.17 bits per heavy atom. The molecule has 24 heavy (non-hydrogen) atoms. The van der Waals surface area contributed by atoms with Crippen LogP contribution >= 0.6 is 0 Å². The number of nitrogens with one attached hydrogen (secondary N) is 1. The Labute approximate surface area is 140 Å². The first kappa shape index (κ1) is 16.0. The van der Waals surface area contributed by atoms with E-state index >= 15 is 0 Å². The summed E-state index contributed by atoms with van der Waals surface area (Å²) in [7, 11) is 0. The first-order chi connectivity index (χ1) is 11.7. The standard InChI is InChI=1S/C17H20N4O3/c1-3-21(4-2)17(22)13-9-20-16(10-18-13)19-8-12-5-6-14-15(7-12)24-11-23-14/h5-7,9-10H,3-4,8,11H2,1-2H3,(H,19,20). The van der Waals surface area contributed by atoms with E-state index < -0.39 is 0 Å². The van der Waals surface area contributed by atoms with Crippen molar-refractivity contribution in [3.8, 4) is 11.5 Å². The van der Waals surface area contributed by atoms with Gasteiger partial charge >= 0.3 is 0 Å². The molecule has 0 aliphatic carbocycles. The number of anilines is 1. The molecule has 2 aromatic rings. The topological polar surface area (TPSA) is 76.6 Å². The maximum absolute atomic E-state index is 12.2. The summed E-state index contributed by atoms with van der Waals surface area (Å²) >= 11 is 0. The van der Waals surface area contributed by atoms with E-state index in [4.69, 9.17) is 9.47 Å². The Kier molecular flexibility index (Phi) is 4.79. The van der Waals surface area contributed by atoms with Gasteiger partial charge in [0.05, 0.1) is 12.4 Å². The number of fused-ring (bicyclic) bond motifs is 1. The van der Waals surface area contributed by atoms with Crippen molar-refractivity contribution in [2.45, 2.75) is 20.4 Å². The molecule has 1 N–H and O–H groups in total. The van der Waals surface area contributed by atoms with E-state index in [-0.39, 0.29) is 12.7 Å². The van der Waals surface area contributed by atoms with Crippen molar-refractivity contribution in [3.05, 3.63) is 41.9 Å². The molecule has 0 saturated heterocycles. The fourth-order valence-corrected chi connectivity index (χ4v) is 2.45. The number of rotatable bonds is 6. The molecular formula is C17H20N4O3. The molecule has 3 rings (SSSR count). The van der Waals surface area contributed by atoms with Crippen LogP contribution in [0.15, 0.2) is 30.6 Å². The van der Waals surface area contributed by atoms with Crippen LogP contribution < -0.4 is 14.8 Å². The van der Waals surface area contributed by atoms with Crippen molar-refractivity contribution in [2.75, 3.05) is 25.2 Å². The van der Waals surface area contributed by atoms with Crippen LogP contribution in [0.2, 0.25) is 0 Å². The third kappa shape index (κ3) is 3.40. The molecule has 1 aromatic heterocycles. The number of benzene rings is 1. The van der Waals surface area contributed by atoms with E-state index in [0.29, 0.717) is 31.1 Å². The monoisotopic (exact) mass is 328 g/mol. The molecule has 0 bridgehead atoms. The fourth-order valence-electron chi connectivity index (χ4n) is 2.45. The summed E-state index contributed by atoms with van der Waals surface area (Å²) in [5, 5.41) is 3.18. The lowest BCUT2D eigenvalue weighted by Gasteiger charge is -2.17. The highest BCUT2D eigenvalue weighted by molar-refractivity contribution is 5.92. The number of aromatic nitrogens is 2. The second-order valence-corrected chi connectivity index (χ2v) is 5.31. The Hall–Kier alpha value is -2.83. The lowest BCUT2D eigenvalue weighted by Crippen LogP contribution is -2.31. The van der Waals surface area contributed by atoms with Gasteiger partial charge in [0.1, 0.15) is 11.5 Å². The van der Waals surface area contributed by atoms with E-state index in [2.05, 4.69) is 15.3 Å². The zero-order chi connectivity index (χ0) is 16.9. The van der Waals surface area contributed by atoms with Gasteiger partial charge in [0, 0.05) is 19.6 Å². The van der Waals surface area contributed by atoms with Crippen molar-refractivity contribution < 1.29 is 14.3 Å². The fraction of sp³-hybridized carbons (Fsp3) is 0.353. The van der Waals surface area contributed by atoms with Gasteiger partial charge < -0.3 is 19.7 Å². The van der Waals surface area contributed by atoms with Crippen LogP contribution in [0.3, 0.4) is 0 Å². The normalized spacial score (nSPS) is 12.1. The van der Waals surface area contributed by atoms with Gasteiger partial charge in [0.25, 0.3) is 5.91 Å². The molecule has 0 spiro atoms. The van der Waals surface area contributed by atoms with Gasteiger partial charge in [0.2, 0.25) is 6.79 Å². The minimum atomic E-state index is -0.102. The summed E-state index contributed by atoms with van der Waals surface area (Å²) in [6, 6.07) is 5.78. The summed E-state index contributed by atoms with van der Waals surface area (Å²) in [6.07, 6.45) is 3.08. The molecule has 1 aromatic carbocycles. The highest BCUT2D eigenvalue weighted by atomic mass is 16.7. The Balaban J connectivity index is 1.61. The Morgan fingerprint density at radius 2 is 1.96 bits per heavy atom. The molecule has 1 aliphatic rings. The molecule has 1 amide bonds. The molecule has 0 radical (unpaired) electrons. The number of hydrogen-bond donors (Lipinski definition) is 1. The van der Waals surface area contributed by atoms with Gasteiger partial charge in [-0.25, -0.2) is 9.97 Å². The quantitative estimate of drug-likeness (QED) is 0.877. The molecule has 126 valence electrons. The minimum absolute atomic E-state index is 0.102. The summed E-state index contributed by atoms with van der Waals surface area (Å²) in [5.74, 6) is 2.02. The smallest absolute Gasteiger partial charge is 0.274 e. The van der Waals surface area contributed by atoms with E-state index in [1.807, 2.05) is 32.0 Å². The van der Waals surface area contributed by atoms with Gasteiger partial charge in [-0.2, -0.15) is 0 Å². The largest absolute Gasteiger partial charge is 0.454 e. The molecule has 0 saturated carbocycles. The lowest BCUT2D eigenvalue weighted by atomic mass is 10.2. The number of hydrogen-bond acceptors (Lipinski definition) is 6. The van der Waals surface area contributed by atoms with Crippen LogP contribution in [-0.2, 0) is 6.54 Å². The average molecular weight is 328 g/mol. The Bertz CT molecular complexity index is 714. The zero-order valence-corrected chi connectivity index (χ0v) is 13.8. The van der Waals surface area contributed by atoms with Crippen LogP contribution in [0.5, 0.6) is 11.5 Å². The second-order valence-electron chi connectivity index (χ2n) is 5.31.